The molecule has 0 fully saturated rings. The average molecular weight is 298 g/mol. The van der Waals surface area contributed by atoms with Gasteiger partial charge in [0.1, 0.15) is 5.15 Å². The summed E-state index contributed by atoms with van der Waals surface area (Å²) < 4.78 is 0.646. The summed E-state index contributed by atoms with van der Waals surface area (Å²) in [5.74, 6) is 0. The number of pyridine rings is 1. The van der Waals surface area contributed by atoms with Gasteiger partial charge in [-0.2, -0.15) is 0 Å². The summed E-state index contributed by atoms with van der Waals surface area (Å²) in [6.07, 6.45) is 1.69. The quantitative estimate of drug-likeness (QED) is 0.806. The van der Waals surface area contributed by atoms with E-state index in [2.05, 4.69) is 20.9 Å². The maximum Gasteiger partial charge on any atom is 0.145 e. The van der Waals surface area contributed by atoms with Crippen molar-refractivity contribution in [3.8, 4) is 11.1 Å². The van der Waals surface area contributed by atoms with E-state index in [1.807, 2.05) is 31.2 Å². The normalized spacial score (nSPS) is 10.4. The van der Waals surface area contributed by atoms with Crippen molar-refractivity contribution in [1.82, 2.24) is 4.98 Å². The van der Waals surface area contributed by atoms with Gasteiger partial charge in [0.2, 0.25) is 0 Å². The van der Waals surface area contributed by atoms with Gasteiger partial charge in [0.15, 0.2) is 0 Å². The fourth-order valence-electron chi connectivity index (χ4n) is 1.44. The topological polar surface area (TPSA) is 38.9 Å². The summed E-state index contributed by atoms with van der Waals surface area (Å²) >= 11 is 9.18. The van der Waals surface area contributed by atoms with Gasteiger partial charge in [-0.3, -0.25) is 0 Å². The highest BCUT2D eigenvalue weighted by molar-refractivity contribution is 9.10. The number of nitrogens with two attached hydrogens (primary N) is 1. The number of hydrogen-bond acceptors (Lipinski definition) is 2. The molecule has 0 atom stereocenters. The Morgan fingerprint density at radius 3 is 2.50 bits per heavy atom. The Bertz CT molecular complexity index is 523. The molecule has 2 nitrogen and oxygen atoms in total. The number of anilines is 1. The molecule has 2 rings (SSSR count). The van der Waals surface area contributed by atoms with Crippen molar-refractivity contribution in [2.45, 2.75) is 6.92 Å². The first-order valence-electron chi connectivity index (χ1n) is 4.76. The molecule has 0 aliphatic carbocycles. The second-order valence-corrected chi connectivity index (χ2v) is 4.71. The molecular formula is C12H10BrClN2. The number of halogens is 2. The number of hydrogen-bond donors (Lipinski definition) is 1. The second kappa shape index (κ2) is 4.44. The van der Waals surface area contributed by atoms with Crippen LogP contribution in [-0.2, 0) is 0 Å². The van der Waals surface area contributed by atoms with Gasteiger partial charge < -0.3 is 5.73 Å². The van der Waals surface area contributed by atoms with Crippen LogP contribution in [0.25, 0.3) is 11.1 Å². The van der Waals surface area contributed by atoms with Crippen LogP contribution in [0.4, 0.5) is 5.69 Å². The predicted molar refractivity (Wildman–Crippen MR) is 71.5 cm³/mol. The zero-order valence-electron chi connectivity index (χ0n) is 8.67. The predicted octanol–water partition coefficient (Wildman–Crippen LogP) is 4.06. The van der Waals surface area contributed by atoms with Crippen LogP contribution in [0, 0.1) is 6.92 Å². The lowest BCUT2D eigenvalue weighted by molar-refractivity contribution is 1.31. The van der Waals surface area contributed by atoms with Crippen molar-refractivity contribution in [2.24, 2.45) is 0 Å². The highest BCUT2D eigenvalue weighted by Crippen LogP contribution is 2.34. The second-order valence-electron chi connectivity index (χ2n) is 3.56. The average Bonchev–Trinajstić information content (AvgIpc) is 2.28. The maximum absolute atomic E-state index is 5.98. The molecule has 2 N–H and O–H groups in total. The minimum Gasteiger partial charge on any atom is -0.397 e. The number of aryl methyl sites for hydroxylation is 1. The van der Waals surface area contributed by atoms with Gasteiger partial charge in [-0.05, 0) is 28.4 Å². The van der Waals surface area contributed by atoms with Crippen LogP contribution < -0.4 is 5.73 Å². The molecule has 1 aromatic carbocycles. The Labute approximate surface area is 108 Å². The number of nitrogens with zero attached hydrogens (tertiary/aromatic N) is 1. The first kappa shape index (κ1) is 11.4. The number of nitrogen functional groups attached to an aromatic ring is 1. The fraction of sp³-hybridized carbons (Fsp3) is 0.0833. The van der Waals surface area contributed by atoms with Crippen LogP contribution >= 0.6 is 27.5 Å². The van der Waals surface area contributed by atoms with Crippen LogP contribution in [0.5, 0.6) is 0 Å². The van der Waals surface area contributed by atoms with Gasteiger partial charge in [0.05, 0.1) is 10.2 Å². The summed E-state index contributed by atoms with van der Waals surface area (Å²) in [7, 11) is 0. The number of rotatable bonds is 1. The van der Waals surface area contributed by atoms with E-state index < -0.39 is 0 Å². The monoisotopic (exact) mass is 296 g/mol. The molecule has 82 valence electrons. The Balaban J connectivity index is 2.57. The summed E-state index contributed by atoms with van der Waals surface area (Å²) in [5, 5.41) is 0.383. The lowest BCUT2D eigenvalue weighted by atomic mass is 10.0. The van der Waals surface area contributed by atoms with Crippen molar-refractivity contribution >= 4 is 33.2 Å². The van der Waals surface area contributed by atoms with Crippen molar-refractivity contribution in [2.75, 3.05) is 5.73 Å². The Hall–Kier alpha value is -1.06. The largest absolute Gasteiger partial charge is 0.397 e. The van der Waals surface area contributed by atoms with Crippen molar-refractivity contribution in [3.05, 3.63) is 45.7 Å². The van der Waals surface area contributed by atoms with Crippen LogP contribution in [0.1, 0.15) is 5.56 Å². The van der Waals surface area contributed by atoms with Crippen molar-refractivity contribution < 1.29 is 0 Å². The molecule has 2 aromatic rings. The minimum atomic E-state index is 0.383. The Morgan fingerprint density at radius 2 is 1.88 bits per heavy atom. The van der Waals surface area contributed by atoms with E-state index in [-0.39, 0.29) is 0 Å². The minimum absolute atomic E-state index is 0.383. The third-order valence-electron chi connectivity index (χ3n) is 2.38. The maximum atomic E-state index is 5.98. The van der Waals surface area contributed by atoms with Gasteiger partial charge in [0.25, 0.3) is 0 Å². The van der Waals surface area contributed by atoms with E-state index in [1.165, 1.54) is 5.56 Å². The number of aromatic nitrogens is 1. The Kier molecular flexibility index (Phi) is 3.17. The van der Waals surface area contributed by atoms with Gasteiger partial charge in [-0.25, -0.2) is 4.98 Å². The van der Waals surface area contributed by atoms with Crippen LogP contribution in [0.3, 0.4) is 0 Å². The number of benzene rings is 1. The van der Waals surface area contributed by atoms with Gasteiger partial charge >= 0.3 is 0 Å². The summed E-state index contributed by atoms with van der Waals surface area (Å²) in [6, 6.07) is 8.11. The first-order valence-corrected chi connectivity index (χ1v) is 5.93. The highest BCUT2D eigenvalue weighted by atomic mass is 79.9. The van der Waals surface area contributed by atoms with Gasteiger partial charge in [0, 0.05) is 11.8 Å². The fourth-order valence-corrected chi connectivity index (χ4v) is 1.91. The highest BCUT2D eigenvalue weighted by Gasteiger charge is 2.09. The van der Waals surface area contributed by atoms with E-state index >= 15 is 0 Å². The van der Waals surface area contributed by atoms with E-state index in [0.29, 0.717) is 15.3 Å². The molecule has 4 heteroatoms. The van der Waals surface area contributed by atoms with Gasteiger partial charge in [-0.1, -0.05) is 41.4 Å². The van der Waals surface area contributed by atoms with Crippen LogP contribution in [0.2, 0.25) is 5.15 Å². The standard InChI is InChI=1S/C12H10BrClN2/c1-7-2-4-8(5-3-7)9-6-16-12(14)10(13)11(9)15/h2-6H,1H3,(H2,15,16). The molecule has 0 radical (unpaired) electrons. The third-order valence-corrected chi connectivity index (χ3v) is 3.69. The van der Waals surface area contributed by atoms with Crippen molar-refractivity contribution in [3.63, 3.8) is 0 Å². The molecule has 0 saturated carbocycles. The van der Waals surface area contributed by atoms with E-state index in [1.54, 1.807) is 6.20 Å². The molecule has 1 aromatic heterocycles. The molecule has 16 heavy (non-hydrogen) atoms. The summed E-state index contributed by atoms with van der Waals surface area (Å²) in [6.45, 7) is 2.04. The third kappa shape index (κ3) is 2.06. The summed E-state index contributed by atoms with van der Waals surface area (Å²) in [4.78, 5) is 4.08. The molecule has 0 spiro atoms. The van der Waals surface area contributed by atoms with Crippen molar-refractivity contribution in [1.29, 1.82) is 0 Å². The Morgan fingerprint density at radius 1 is 1.25 bits per heavy atom. The van der Waals surface area contributed by atoms with E-state index in [0.717, 1.165) is 11.1 Å². The molecule has 0 unspecified atom stereocenters. The van der Waals surface area contributed by atoms with Crippen LogP contribution in [-0.4, -0.2) is 4.98 Å². The lowest BCUT2D eigenvalue weighted by Crippen LogP contribution is -1.94. The molecule has 1 heterocycles. The molecule has 0 saturated heterocycles. The first-order chi connectivity index (χ1) is 7.59. The zero-order chi connectivity index (χ0) is 11.7. The van der Waals surface area contributed by atoms with Crippen LogP contribution in [0.15, 0.2) is 34.9 Å². The van der Waals surface area contributed by atoms with E-state index in [9.17, 15) is 0 Å². The summed E-state index contributed by atoms with van der Waals surface area (Å²) in [5.41, 5.74) is 9.73. The molecule has 0 aliphatic rings. The smallest absolute Gasteiger partial charge is 0.145 e. The molecule has 0 bridgehead atoms. The zero-order valence-corrected chi connectivity index (χ0v) is 11.0. The molecule has 0 amide bonds. The lowest BCUT2D eigenvalue weighted by Gasteiger charge is -2.08. The SMILES string of the molecule is Cc1ccc(-c2cnc(Cl)c(Br)c2N)cc1. The van der Waals surface area contributed by atoms with E-state index in [4.69, 9.17) is 17.3 Å². The molecular weight excluding hydrogens is 288 g/mol. The molecule has 0 aliphatic heterocycles. The van der Waals surface area contributed by atoms with Gasteiger partial charge in [-0.15, -0.1) is 0 Å².